The number of benzene rings is 2. The molecule has 0 aliphatic carbocycles. The number of nitrogens with two attached hydrogens (primary N) is 2. The van der Waals surface area contributed by atoms with Crippen molar-refractivity contribution in [2.45, 2.75) is 11.8 Å². The molecule has 2 aromatic carbocycles. The Morgan fingerprint density at radius 1 is 1.22 bits per heavy atom. The highest BCUT2D eigenvalue weighted by molar-refractivity contribution is 7.86. The van der Waals surface area contributed by atoms with E-state index < -0.39 is 45.2 Å². The fourth-order valence-electron chi connectivity index (χ4n) is 2.23. The van der Waals surface area contributed by atoms with Gasteiger partial charge in [0, 0.05) is 11.1 Å². The highest BCUT2D eigenvalue weighted by atomic mass is 32.2. The molecule has 0 saturated carbocycles. The second-order valence-electron chi connectivity index (χ2n) is 5.34. The van der Waals surface area contributed by atoms with Crippen LogP contribution in [0.3, 0.4) is 0 Å². The van der Waals surface area contributed by atoms with Gasteiger partial charge in [0.15, 0.2) is 8.90 Å². The van der Waals surface area contributed by atoms with Crippen molar-refractivity contribution < 1.29 is 33.9 Å². The maximum absolute atomic E-state index is 12.8. The monoisotopic (exact) mass is 393 g/mol. The predicted molar refractivity (Wildman–Crippen MR) is 95.2 cm³/mol. The van der Waals surface area contributed by atoms with Gasteiger partial charge in [-0.25, -0.2) is 0 Å². The lowest BCUT2D eigenvalue weighted by molar-refractivity contribution is -0.123. The molecule has 0 bridgehead atoms. The van der Waals surface area contributed by atoms with Crippen LogP contribution in [-0.2, 0) is 29.5 Å². The second kappa shape index (κ2) is 7.12. The number of hydrogen-bond donors (Lipinski definition) is 2. The lowest BCUT2D eigenvalue weighted by atomic mass is 10.0. The minimum atomic E-state index is -5.10. The summed E-state index contributed by atoms with van der Waals surface area (Å²) in [4.78, 5) is 24.5. The van der Waals surface area contributed by atoms with Crippen LogP contribution in [0.4, 0.5) is 0 Å². The SMILES string of the molecule is [2H]N([2H])C(=O)c1ccc(C2([2H])OC(N)=C(OS(=O)(=O)C([2H])([2H])c3ccccc3)C2=O)cc1. The molecule has 1 aliphatic rings. The first-order valence-electron chi connectivity index (χ1n) is 9.86. The van der Waals surface area contributed by atoms with Gasteiger partial charge in [0.25, 0.3) is 0 Å². The molecule has 0 spiro atoms. The molecular formula is C18H16N2O6S. The van der Waals surface area contributed by atoms with Crippen molar-refractivity contribution in [1.82, 2.24) is 0 Å². The van der Waals surface area contributed by atoms with Crippen LogP contribution in [0.15, 0.2) is 66.2 Å². The first-order chi connectivity index (χ1) is 14.8. The van der Waals surface area contributed by atoms with Crippen LogP contribution in [0.5, 0.6) is 0 Å². The van der Waals surface area contributed by atoms with E-state index in [1.165, 1.54) is 24.3 Å². The number of rotatable bonds is 6. The number of primary amides is 1. The normalized spacial score (nSPS) is 22.7. The zero-order valence-electron chi connectivity index (χ0n) is 18.6. The maximum atomic E-state index is 12.8. The molecule has 8 nitrogen and oxygen atoms in total. The highest BCUT2D eigenvalue weighted by Gasteiger charge is 2.39. The molecule has 1 unspecified atom stereocenters. The van der Waals surface area contributed by atoms with Gasteiger partial charge in [-0.15, -0.1) is 0 Å². The van der Waals surface area contributed by atoms with Crippen LogP contribution >= 0.6 is 0 Å². The third-order valence-electron chi connectivity index (χ3n) is 3.45. The standard InChI is InChI=1S/C18H16N2O6S/c19-17(22)13-8-6-12(7-9-13)15-14(21)16(18(20)25-15)26-27(23,24)10-11-4-2-1-3-5-11/h1-9,15H,10,20H2,(H2,19,22)/i10D2,15D/hD2. The van der Waals surface area contributed by atoms with Gasteiger partial charge in [0.2, 0.25) is 23.3 Å². The first kappa shape index (κ1) is 12.9. The van der Waals surface area contributed by atoms with Crippen molar-refractivity contribution in [3.8, 4) is 0 Å². The summed E-state index contributed by atoms with van der Waals surface area (Å²) < 4.78 is 73.1. The molecule has 27 heavy (non-hydrogen) atoms. The van der Waals surface area contributed by atoms with Crippen molar-refractivity contribution in [3.05, 3.63) is 82.9 Å². The Kier molecular flexibility index (Phi) is 3.41. The van der Waals surface area contributed by atoms with Crippen LogP contribution in [0.1, 0.15) is 31.7 Å². The number of ketones is 1. The molecule has 1 aliphatic heterocycles. The van der Waals surface area contributed by atoms with Gasteiger partial charge in [-0.1, -0.05) is 42.5 Å². The van der Waals surface area contributed by atoms with Gasteiger partial charge in [0.1, 0.15) is 5.70 Å². The van der Waals surface area contributed by atoms with E-state index in [0.29, 0.717) is 0 Å². The summed E-state index contributed by atoms with van der Waals surface area (Å²) in [5, 5.41) is 0. The molecule has 9 heteroatoms. The van der Waals surface area contributed by atoms with E-state index in [4.69, 9.17) is 21.6 Å². The Labute approximate surface area is 162 Å². The van der Waals surface area contributed by atoms with Gasteiger partial charge < -0.3 is 20.4 Å². The van der Waals surface area contributed by atoms with Crippen molar-refractivity contribution in [2.75, 3.05) is 0 Å². The number of ether oxygens (including phenoxy) is 1. The zero-order chi connectivity index (χ0) is 23.9. The quantitative estimate of drug-likeness (QED) is 0.701. The van der Waals surface area contributed by atoms with Gasteiger partial charge in [0.05, 0.1) is 4.11 Å². The summed E-state index contributed by atoms with van der Waals surface area (Å²) in [5.74, 6) is -4.15. The third-order valence-corrected chi connectivity index (χ3v) is 4.32. The van der Waals surface area contributed by atoms with E-state index in [0.717, 1.165) is 24.3 Å². The van der Waals surface area contributed by atoms with Crippen molar-refractivity contribution in [2.24, 2.45) is 11.5 Å². The first-order valence-corrected chi connectivity index (χ1v) is 8.88. The molecule has 0 radical (unpaired) electrons. The Morgan fingerprint density at radius 2 is 1.89 bits per heavy atom. The molecule has 0 aromatic heterocycles. The minimum absolute atomic E-state index is 0.0798. The number of carbonyl (C=O) groups excluding carboxylic acids is 2. The molecule has 1 atom stereocenters. The third kappa shape index (κ3) is 4.09. The Hall–Kier alpha value is -3.33. The number of amides is 1. The summed E-state index contributed by atoms with van der Waals surface area (Å²) in [6.07, 6.45) is -2.56. The molecule has 4 N–H and O–H groups in total. The van der Waals surface area contributed by atoms with E-state index in [2.05, 4.69) is 0 Å². The fraction of sp³-hybridized carbons (Fsp3) is 0.111. The molecule has 3 rings (SSSR count). The van der Waals surface area contributed by atoms with E-state index in [1.54, 1.807) is 6.07 Å². The minimum Gasteiger partial charge on any atom is -0.460 e. The summed E-state index contributed by atoms with van der Waals surface area (Å²) in [5.41, 5.74) is 1.91. The molecular weight excluding hydrogens is 372 g/mol. The highest BCUT2D eigenvalue weighted by Crippen LogP contribution is 2.32. The molecule has 2 aromatic rings. The fourth-order valence-corrected chi connectivity index (χ4v) is 3.08. The molecule has 0 fully saturated rings. The average Bonchev–Trinajstić information content (AvgIpc) is 2.97. The van der Waals surface area contributed by atoms with Crippen LogP contribution in [0.25, 0.3) is 0 Å². The van der Waals surface area contributed by atoms with Gasteiger partial charge in [-0.05, 0) is 17.7 Å². The summed E-state index contributed by atoms with van der Waals surface area (Å²) in [6.45, 7) is 0. The Bertz CT molecular complexity index is 1200. The average molecular weight is 393 g/mol. The Balaban J connectivity index is 1.89. The van der Waals surface area contributed by atoms with Gasteiger partial charge in [-0.2, -0.15) is 8.42 Å². The molecule has 0 saturated heterocycles. The van der Waals surface area contributed by atoms with Crippen molar-refractivity contribution >= 4 is 21.8 Å². The smallest absolute Gasteiger partial charge is 0.313 e. The van der Waals surface area contributed by atoms with Gasteiger partial charge >= 0.3 is 10.1 Å². The van der Waals surface area contributed by atoms with Crippen molar-refractivity contribution in [3.63, 3.8) is 0 Å². The summed E-state index contributed by atoms with van der Waals surface area (Å²) in [6, 6.07) is 11.4. The summed E-state index contributed by atoms with van der Waals surface area (Å²) >= 11 is 0. The van der Waals surface area contributed by atoms with Crippen LogP contribution < -0.4 is 11.5 Å². The van der Waals surface area contributed by atoms with E-state index in [9.17, 15) is 18.0 Å². The van der Waals surface area contributed by atoms with Crippen LogP contribution in [-0.4, -0.2) is 20.1 Å². The van der Waals surface area contributed by atoms with E-state index in [1.807, 2.05) is 0 Å². The zero-order valence-corrected chi connectivity index (χ0v) is 14.4. The number of Topliss-reactive ketones (excluding diaryl/α,β-unsaturated/α-hetero) is 1. The lowest BCUT2D eigenvalue weighted by Crippen LogP contribution is -2.16. The van der Waals surface area contributed by atoms with Crippen LogP contribution in [0, 0.1) is 0 Å². The summed E-state index contributed by atoms with van der Waals surface area (Å²) in [7, 11) is -5.10. The lowest BCUT2D eigenvalue weighted by Gasteiger charge is -2.10. The van der Waals surface area contributed by atoms with Crippen LogP contribution in [0.2, 0.25) is 2.82 Å². The second-order valence-corrected chi connectivity index (χ2v) is 6.62. The van der Waals surface area contributed by atoms with E-state index >= 15 is 0 Å². The molecule has 1 amide bonds. The topological polar surface area (TPSA) is 139 Å². The largest absolute Gasteiger partial charge is 0.460 e. The molecule has 140 valence electrons. The Morgan fingerprint density at radius 3 is 2.52 bits per heavy atom. The maximum Gasteiger partial charge on any atom is 0.313 e. The molecule has 1 heterocycles. The number of carbonyl (C=O) groups is 2. The van der Waals surface area contributed by atoms with E-state index in [-0.39, 0.29) is 22.4 Å². The number of hydrogen-bond acceptors (Lipinski definition) is 7. The predicted octanol–water partition coefficient (Wildman–Crippen LogP) is 1.10. The van der Waals surface area contributed by atoms with Gasteiger partial charge in [-0.3, -0.25) is 9.59 Å². The van der Waals surface area contributed by atoms with Crippen molar-refractivity contribution in [1.29, 1.82) is 0 Å².